The van der Waals surface area contributed by atoms with E-state index in [-0.39, 0.29) is 6.61 Å². The quantitative estimate of drug-likeness (QED) is 0.577. The number of hydrogen-bond acceptors (Lipinski definition) is 7. The van der Waals surface area contributed by atoms with Crippen LogP contribution in [0, 0.1) is 5.92 Å². The molecule has 0 bridgehead atoms. The lowest BCUT2D eigenvalue weighted by Crippen LogP contribution is -2.28. The molecule has 0 radical (unpaired) electrons. The summed E-state index contributed by atoms with van der Waals surface area (Å²) < 4.78 is 1.17. The molecule has 3 N–H and O–H groups in total. The second-order valence-electron chi connectivity index (χ2n) is 7.92. The van der Waals surface area contributed by atoms with E-state index in [9.17, 15) is 5.11 Å². The summed E-state index contributed by atoms with van der Waals surface area (Å²) in [7, 11) is 0. The number of aromatic nitrogens is 3. The number of para-hydroxylation sites is 1. The van der Waals surface area contributed by atoms with Crippen LogP contribution in [0.25, 0.3) is 20.8 Å². The van der Waals surface area contributed by atoms with Crippen LogP contribution in [-0.2, 0) is 0 Å². The zero-order valence-corrected chi connectivity index (χ0v) is 16.6. The first-order valence-electron chi connectivity index (χ1n) is 10.2. The standard InChI is InChI=1S/C21H25N5OS/c27-12-13-8-9-15(10-13)23-19-16(11-22-21(26-19)24-14-4-3-5-14)20-25-17-6-1-2-7-18(17)28-20/h1-2,6-7,11,13-15,27H,3-5,8-10,12H2,(H2,22,23,24,26). The Hall–Kier alpha value is -2.25. The molecule has 2 aliphatic rings. The average molecular weight is 396 g/mol. The Balaban J connectivity index is 1.47. The molecule has 0 amide bonds. The smallest absolute Gasteiger partial charge is 0.224 e. The molecule has 1 aromatic carbocycles. The van der Waals surface area contributed by atoms with Crippen molar-refractivity contribution in [3.8, 4) is 10.6 Å². The largest absolute Gasteiger partial charge is 0.396 e. The van der Waals surface area contributed by atoms with Gasteiger partial charge in [-0.2, -0.15) is 4.98 Å². The van der Waals surface area contributed by atoms with Gasteiger partial charge in [0, 0.05) is 24.9 Å². The van der Waals surface area contributed by atoms with Gasteiger partial charge in [-0.15, -0.1) is 11.3 Å². The number of rotatable bonds is 6. The van der Waals surface area contributed by atoms with Crippen LogP contribution in [0.2, 0.25) is 0 Å². The number of aliphatic hydroxyl groups is 1. The Bertz CT molecular complexity index is 937. The fraction of sp³-hybridized carbons (Fsp3) is 0.476. The lowest BCUT2D eigenvalue weighted by atomic mass is 9.93. The predicted octanol–water partition coefficient (Wildman–Crippen LogP) is 4.29. The number of benzene rings is 1. The summed E-state index contributed by atoms with van der Waals surface area (Å²) >= 11 is 1.67. The van der Waals surface area contributed by atoms with E-state index < -0.39 is 0 Å². The van der Waals surface area contributed by atoms with Gasteiger partial charge in [0.1, 0.15) is 10.8 Å². The molecule has 0 aliphatic heterocycles. The third-order valence-electron chi connectivity index (χ3n) is 5.89. The molecule has 28 heavy (non-hydrogen) atoms. The van der Waals surface area contributed by atoms with Crippen molar-refractivity contribution in [2.75, 3.05) is 17.2 Å². The van der Waals surface area contributed by atoms with Crippen LogP contribution in [0.1, 0.15) is 38.5 Å². The number of nitrogens with zero attached hydrogens (tertiary/aromatic N) is 3. The molecule has 2 aliphatic carbocycles. The number of nitrogens with one attached hydrogen (secondary N) is 2. The van der Waals surface area contributed by atoms with Crippen molar-refractivity contribution in [3.63, 3.8) is 0 Å². The van der Waals surface area contributed by atoms with Crippen LogP contribution in [0.3, 0.4) is 0 Å². The SMILES string of the molecule is OCC1CCC(Nc2nc(NC3CCC3)ncc2-c2nc3ccccc3s2)C1. The van der Waals surface area contributed by atoms with E-state index in [1.165, 1.54) is 24.0 Å². The molecule has 2 heterocycles. The van der Waals surface area contributed by atoms with Crippen molar-refractivity contribution in [3.05, 3.63) is 30.5 Å². The normalized spacial score (nSPS) is 22.3. The number of fused-ring (bicyclic) bond motifs is 1. The molecule has 6 nitrogen and oxygen atoms in total. The summed E-state index contributed by atoms with van der Waals surface area (Å²) in [4.78, 5) is 14.2. The fourth-order valence-corrected chi connectivity index (χ4v) is 4.98. The summed E-state index contributed by atoms with van der Waals surface area (Å²) in [5, 5.41) is 17.5. The van der Waals surface area contributed by atoms with Gasteiger partial charge in [-0.3, -0.25) is 0 Å². The molecule has 0 saturated heterocycles. The summed E-state index contributed by atoms with van der Waals surface area (Å²) in [6.45, 7) is 0.265. The second kappa shape index (κ2) is 7.64. The van der Waals surface area contributed by atoms with Crippen molar-refractivity contribution in [1.29, 1.82) is 0 Å². The van der Waals surface area contributed by atoms with E-state index in [0.717, 1.165) is 41.2 Å². The molecule has 146 valence electrons. The van der Waals surface area contributed by atoms with Crippen molar-refractivity contribution in [2.24, 2.45) is 5.92 Å². The van der Waals surface area contributed by atoms with Gasteiger partial charge < -0.3 is 15.7 Å². The van der Waals surface area contributed by atoms with Crippen molar-refractivity contribution in [1.82, 2.24) is 15.0 Å². The maximum absolute atomic E-state index is 9.47. The van der Waals surface area contributed by atoms with E-state index in [2.05, 4.69) is 21.7 Å². The highest BCUT2D eigenvalue weighted by Gasteiger charge is 2.26. The highest BCUT2D eigenvalue weighted by molar-refractivity contribution is 7.21. The van der Waals surface area contributed by atoms with Gasteiger partial charge in [-0.05, 0) is 56.6 Å². The highest BCUT2D eigenvalue weighted by atomic mass is 32.1. The average Bonchev–Trinajstić information content (AvgIpc) is 3.31. The zero-order valence-electron chi connectivity index (χ0n) is 15.8. The van der Waals surface area contributed by atoms with Crippen LogP contribution >= 0.6 is 11.3 Å². The Kier molecular flexibility index (Phi) is 4.86. The van der Waals surface area contributed by atoms with Gasteiger partial charge in [0.15, 0.2) is 0 Å². The molecule has 0 spiro atoms. The molecule has 2 fully saturated rings. The first-order chi connectivity index (χ1) is 13.8. The zero-order chi connectivity index (χ0) is 18.9. The highest BCUT2D eigenvalue weighted by Crippen LogP contribution is 2.36. The van der Waals surface area contributed by atoms with Gasteiger partial charge in [0.05, 0.1) is 15.8 Å². The molecule has 5 rings (SSSR count). The first-order valence-corrected chi connectivity index (χ1v) is 11.0. The minimum absolute atomic E-state index is 0.265. The van der Waals surface area contributed by atoms with Gasteiger partial charge in [-0.1, -0.05) is 12.1 Å². The van der Waals surface area contributed by atoms with Crippen molar-refractivity contribution >= 4 is 33.3 Å². The Labute approximate surface area is 168 Å². The number of aliphatic hydroxyl groups excluding tert-OH is 1. The van der Waals surface area contributed by atoms with E-state index in [4.69, 9.17) is 9.97 Å². The van der Waals surface area contributed by atoms with Crippen LogP contribution < -0.4 is 10.6 Å². The second-order valence-corrected chi connectivity index (χ2v) is 8.95. The summed E-state index contributed by atoms with van der Waals surface area (Å²) in [6, 6.07) is 9.02. The first kappa shape index (κ1) is 17.8. The Morgan fingerprint density at radius 3 is 2.68 bits per heavy atom. The fourth-order valence-electron chi connectivity index (χ4n) is 4.01. The predicted molar refractivity (Wildman–Crippen MR) is 114 cm³/mol. The number of thiazole rings is 1. The topological polar surface area (TPSA) is 83.0 Å². The number of hydrogen-bond donors (Lipinski definition) is 3. The maximum Gasteiger partial charge on any atom is 0.224 e. The van der Waals surface area contributed by atoms with Crippen LogP contribution in [0.5, 0.6) is 0 Å². The van der Waals surface area contributed by atoms with Gasteiger partial charge >= 0.3 is 0 Å². The molecular weight excluding hydrogens is 370 g/mol. The Morgan fingerprint density at radius 1 is 1.04 bits per heavy atom. The lowest BCUT2D eigenvalue weighted by molar-refractivity contribution is 0.229. The van der Waals surface area contributed by atoms with E-state index in [1.807, 2.05) is 24.4 Å². The van der Waals surface area contributed by atoms with Crippen LogP contribution in [0.4, 0.5) is 11.8 Å². The molecule has 3 aromatic rings. The van der Waals surface area contributed by atoms with Crippen molar-refractivity contribution in [2.45, 2.75) is 50.6 Å². The number of anilines is 2. The lowest BCUT2D eigenvalue weighted by Gasteiger charge is -2.26. The van der Waals surface area contributed by atoms with Crippen molar-refractivity contribution < 1.29 is 5.11 Å². The third kappa shape index (κ3) is 3.56. The van der Waals surface area contributed by atoms with Gasteiger partial charge in [0.25, 0.3) is 0 Å². The summed E-state index contributed by atoms with van der Waals surface area (Å²) in [5.74, 6) is 1.92. The molecule has 2 saturated carbocycles. The van der Waals surface area contributed by atoms with Crippen LogP contribution in [0.15, 0.2) is 30.5 Å². The summed E-state index contributed by atoms with van der Waals surface area (Å²) in [6.07, 6.45) is 8.64. The van der Waals surface area contributed by atoms with Gasteiger partial charge in [0.2, 0.25) is 5.95 Å². The Morgan fingerprint density at radius 2 is 1.93 bits per heavy atom. The molecular formula is C21H25N5OS. The molecule has 2 atom stereocenters. The van der Waals surface area contributed by atoms with E-state index in [0.29, 0.717) is 23.9 Å². The molecule has 2 unspecified atom stereocenters. The minimum Gasteiger partial charge on any atom is -0.396 e. The summed E-state index contributed by atoms with van der Waals surface area (Å²) in [5.41, 5.74) is 1.96. The molecule has 7 heteroatoms. The van der Waals surface area contributed by atoms with Gasteiger partial charge in [-0.25, -0.2) is 9.97 Å². The maximum atomic E-state index is 9.47. The minimum atomic E-state index is 0.265. The third-order valence-corrected chi connectivity index (χ3v) is 6.96. The monoisotopic (exact) mass is 395 g/mol. The van der Waals surface area contributed by atoms with E-state index >= 15 is 0 Å². The molecule has 2 aromatic heterocycles. The van der Waals surface area contributed by atoms with Crippen LogP contribution in [-0.4, -0.2) is 38.7 Å². The van der Waals surface area contributed by atoms with E-state index in [1.54, 1.807) is 11.3 Å².